The molecule has 0 aliphatic heterocycles. The molecule has 0 fully saturated rings. The van der Waals surface area contributed by atoms with E-state index in [1.54, 1.807) is 18.2 Å². The summed E-state index contributed by atoms with van der Waals surface area (Å²) in [5, 5.41) is 0.937. The number of hydrogen-bond donors (Lipinski definition) is 0. The van der Waals surface area contributed by atoms with Crippen LogP contribution in [0.1, 0.15) is 10.4 Å². The van der Waals surface area contributed by atoms with Crippen LogP contribution in [0.2, 0.25) is 10.0 Å². The van der Waals surface area contributed by atoms with E-state index in [-0.39, 0.29) is 4.68 Å². The second-order valence-corrected chi connectivity index (χ2v) is 3.60. The third kappa shape index (κ3) is 2.49. The molecule has 0 aliphatic rings. The van der Waals surface area contributed by atoms with Crippen molar-refractivity contribution in [1.82, 2.24) is 0 Å². The summed E-state index contributed by atoms with van der Waals surface area (Å²) in [4.78, 5) is 10.8. The molecule has 0 saturated carbocycles. The molecule has 0 spiro atoms. The van der Waals surface area contributed by atoms with E-state index in [2.05, 4.69) is 16.0 Å². The molecule has 57 valence electrons. The Bertz CT molecular complexity index is 278. The monoisotopic (exact) mass is 253 g/mol. The van der Waals surface area contributed by atoms with Crippen molar-refractivity contribution >= 4 is 43.9 Å². The molecule has 1 rings (SSSR count). The fraction of sp³-hybridized carbons (Fsp3) is 0. The zero-order valence-electron chi connectivity index (χ0n) is 5.30. The van der Waals surface area contributed by atoms with Crippen LogP contribution in [-0.4, -0.2) is 20.7 Å². The van der Waals surface area contributed by atoms with Gasteiger partial charge in [-0.1, -0.05) is 0 Å². The molecule has 0 saturated heterocycles. The molecule has 0 atom stereocenters. The quantitative estimate of drug-likeness (QED) is 0.702. The van der Waals surface area contributed by atoms with E-state index in [1.165, 1.54) is 0 Å². The molecule has 0 unspecified atom stereocenters. The summed E-state index contributed by atoms with van der Waals surface area (Å²) in [5.74, 6) is 0. The maximum absolute atomic E-state index is 10.8. The Hall–Kier alpha value is -0.0105. The molecule has 0 heterocycles. The molecule has 0 aromatic heterocycles. The van der Waals surface area contributed by atoms with Crippen LogP contribution in [0.25, 0.3) is 0 Å². The zero-order valence-corrected chi connectivity index (χ0v) is 8.53. The van der Waals surface area contributed by atoms with E-state index in [0.29, 0.717) is 15.6 Å². The van der Waals surface area contributed by atoms with Crippen molar-refractivity contribution < 1.29 is 4.79 Å². The van der Waals surface area contributed by atoms with Crippen molar-refractivity contribution in [3.63, 3.8) is 0 Å². The van der Waals surface area contributed by atoms with E-state index in [1.807, 2.05) is 0 Å². The Morgan fingerprint density at radius 2 is 1.64 bits per heavy atom. The van der Waals surface area contributed by atoms with Crippen LogP contribution in [0.4, 0.5) is 0 Å². The average molecular weight is 253 g/mol. The van der Waals surface area contributed by atoms with Gasteiger partial charge < -0.3 is 0 Å². The molecule has 1 radical (unpaired) electrons. The van der Waals surface area contributed by atoms with Gasteiger partial charge in [0.05, 0.1) is 0 Å². The number of carbonyl (C=O) groups excluding carboxylic acids is 1. The van der Waals surface area contributed by atoms with Gasteiger partial charge in [0.25, 0.3) is 0 Å². The van der Waals surface area contributed by atoms with Gasteiger partial charge in [-0.15, -0.1) is 0 Å². The first kappa shape index (κ1) is 9.08. The summed E-state index contributed by atoms with van der Waals surface area (Å²) < 4.78 is -0.158. The third-order valence-electron chi connectivity index (χ3n) is 1.10. The van der Waals surface area contributed by atoms with Crippen LogP contribution in [0.5, 0.6) is 0 Å². The molecule has 0 amide bonds. The number of benzene rings is 1. The minimum atomic E-state index is -0.158. The van der Waals surface area contributed by atoms with Crippen molar-refractivity contribution in [3.05, 3.63) is 33.8 Å². The van der Waals surface area contributed by atoms with Crippen LogP contribution in [-0.2, 0) is 0 Å². The second-order valence-electron chi connectivity index (χ2n) is 1.95. The fourth-order valence-corrected chi connectivity index (χ4v) is 1.44. The maximum atomic E-state index is 10.8. The van der Waals surface area contributed by atoms with Crippen LogP contribution in [0, 0.1) is 0 Å². The SMILES string of the molecule is O=C([Se])c1cc(Cl)cc(Cl)c1. The van der Waals surface area contributed by atoms with Gasteiger partial charge in [-0.3, -0.25) is 0 Å². The summed E-state index contributed by atoms with van der Waals surface area (Å²) in [5.41, 5.74) is 0.488. The van der Waals surface area contributed by atoms with Gasteiger partial charge in [0.2, 0.25) is 0 Å². The van der Waals surface area contributed by atoms with Gasteiger partial charge in [-0.2, -0.15) is 0 Å². The van der Waals surface area contributed by atoms with Gasteiger partial charge in [-0.25, -0.2) is 0 Å². The molecular formula is C7H3Cl2OSe. The Morgan fingerprint density at radius 1 is 1.18 bits per heavy atom. The van der Waals surface area contributed by atoms with Gasteiger partial charge in [0.1, 0.15) is 0 Å². The van der Waals surface area contributed by atoms with Crippen LogP contribution < -0.4 is 0 Å². The van der Waals surface area contributed by atoms with E-state index >= 15 is 0 Å². The molecule has 1 aromatic rings. The number of carbonyl (C=O) groups is 1. The standard InChI is InChI=1S/C7H3Cl2OSe/c8-5-1-4(7(10)11)2-6(9)3-5/h1-3H. The number of hydrogen-bond acceptors (Lipinski definition) is 1. The molecule has 0 aliphatic carbocycles. The molecule has 1 aromatic carbocycles. The van der Waals surface area contributed by atoms with Crippen molar-refractivity contribution in [1.29, 1.82) is 0 Å². The first-order chi connectivity index (χ1) is 5.09. The predicted octanol–water partition coefficient (Wildman–Crippen LogP) is 2.30. The molecule has 4 heteroatoms. The zero-order chi connectivity index (χ0) is 8.43. The molecular weight excluding hydrogens is 250 g/mol. The Kier molecular flexibility index (Phi) is 2.97. The topological polar surface area (TPSA) is 17.1 Å². The Labute approximate surface area is 82.5 Å². The number of halogens is 2. The van der Waals surface area contributed by atoms with E-state index in [9.17, 15) is 4.79 Å². The van der Waals surface area contributed by atoms with Crippen molar-refractivity contribution in [2.75, 3.05) is 0 Å². The first-order valence-corrected chi connectivity index (χ1v) is 4.38. The molecule has 0 bridgehead atoms. The van der Waals surface area contributed by atoms with Crippen LogP contribution in [0.3, 0.4) is 0 Å². The van der Waals surface area contributed by atoms with Crippen molar-refractivity contribution in [3.8, 4) is 0 Å². The van der Waals surface area contributed by atoms with Gasteiger partial charge >= 0.3 is 82.5 Å². The van der Waals surface area contributed by atoms with Gasteiger partial charge in [0, 0.05) is 0 Å². The second kappa shape index (κ2) is 3.59. The summed E-state index contributed by atoms with van der Waals surface area (Å²) in [6.45, 7) is 0. The molecule has 0 N–H and O–H groups in total. The van der Waals surface area contributed by atoms with Crippen LogP contribution in [0.15, 0.2) is 18.2 Å². The van der Waals surface area contributed by atoms with E-state index < -0.39 is 0 Å². The average Bonchev–Trinajstić information content (AvgIpc) is 1.85. The third-order valence-corrected chi connectivity index (χ3v) is 2.03. The fourth-order valence-electron chi connectivity index (χ4n) is 0.672. The van der Waals surface area contributed by atoms with Crippen molar-refractivity contribution in [2.24, 2.45) is 0 Å². The van der Waals surface area contributed by atoms with Gasteiger partial charge in [-0.05, 0) is 0 Å². The first-order valence-electron chi connectivity index (χ1n) is 2.77. The van der Waals surface area contributed by atoms with E-state index in [0.717, 1.165) is 0 Å². The number of rotatable bonds is 1. The van der Waals surface area contributed by atoms with Crippen molar-refractivity contribution in [2.45, 2.75) is 0 Å². The summed E-state index contributed by atoms with van der Waals surface area (Å²) >= 11 is 13.6. The normalized spacial score (nSPS) is 9.64. The minimum absolute atomic E-state index is 0.158. The molecule has 1 nitrogen and oxygen atoms in total. The Balaban J connectivity index is 3.19. The van der Waals surface area contributed by atoms with E-state index in [4.69, 9.17) is 23.2 Å². The molecule has 11 heavy (non-hydrogen) atoms. The summed E-state index contributed by atoms with van der Waals surface area (Å²) in [6, 6.07) is 4.70. The summed E-state index contributed by atoms with van der Waals surface area (Å²) in [7, 11) is 0. The van der Waals surface area contributed by atoms with Gasteiger partial charge in [0.15, 0.2) is 0 Å². The summed E-state index contributed by atoms with van der Waals surface area (Å²) in [6.07, 6.45) is 0. The van der Waals surface area contributed by atoms with Crippen LogP contribution >= 0.6 is 23.2 Å². The Morgan fingerprint density at radius 3 is 2.00 bits per heavy atom. The predicted molar refractivity (Wildman–Crippen MR) is 46.5 cm³/mol.